The Kier molecular flexibility index (Phi) is 3.02. The molecule has 1 rings (SSSR count). The van der Waals surface area contributed by atoms with Gasteiger partial charge in [0, 0.05) is 33.2 Å². The molecule has 5 nitrogen and oxygen atoms in total. The van der Waals surface area contributed by atoms with Gasteiger partial charge in [-0.15, -0.1) is 0 Å². The molecule has 0 saturated carbocycles. The number of nitrogens with zero attached hydrogens (tertiary/aromatic N) is 1. The van der Waals surface area contributed by atoms with Crippen LogP contribution in [0, 0.1) is 5.92 Å². The lowest BCUT2D eigenvalue weighted by Gasteiger charge is -2.17. The van der Waals surface area contributed by atoms with Crippen LogP contribution in [-0.4, -0.2) is 44.1 Å². The van der Waals surface area contributed by atoms with Gasteiger partial charge in [0.25, 0.3) is 0 Å². The second-order valence-electron chi connectivity index (χ2n) is 3.30. The number of carbonyl (C=O) groups excluding carboxylic acids is 1. The Bertz CT molecular complexity index is 171. The van der Waals surface area contributed by atoms with Gasteiger partial charge in [0.15, 0.2) is 0 Å². The van der Waals surface area contributed by atoms with Gasteiger partial charge in [0.1, 0.15) is 0 Å². The third-order valence-corrected chi connectivity index (χ3v) is 1.93. The molecule has 1 amide bonds. The van der Waals surface area contributed by atoms with Crippen LogP contribution in [0.3, 0.4) is 0 Å². The van der Waals surface area contributed by atoms with E-state index in [0.717, 1.165) is 6.54 Å². The lowest BCUT2D eigenvalue weighted by molar-refractivity contribution is -0.128. The van der Waals surface area contributed by atoms with Gasteiger partial charge in [-0.1, -0.05) is 0 Å². The molecule has 2 atom stereocenters. The van der Waals surface area contributed by atoms with Crippen LogP contribution in [0.1, 0.15) is 0 Å². The molecule has 0 aromatic rings. The van der Waals surface area contributed by atoms with E-state index in [0.29, 0.717) is 6.54 Å². The molecule has 12 heavy (non-hydrogen) atoms. The van der Waals surface area contributed by atoms with Crippen molar-refractivity contribution in [2.45, 2.75) is 6.04 Å². The standard InChI is InChI=1S/C7H16N4O/c1-11(2)10-7(12)5-3-9-4-6(5)8/h5-6,9H,3-4,8H2,1-2H3,(H,10,12). The first-order valence-corrected chi connectivity index (χ1v) is 4.05. The molecule has 1 fully saturated rings. The molecule has 1 aliphatic heterocycles. The average Bonchev–Trinajstić information content (AvgIpc) is 2.33. The van der Waals surface area contributed by atoms with Crippen LogP contribution in [-0.2, 0) is 4.79 Å². The van der Waals surface area contributed by atoms with Gasteiger partial charge in [-0.3, -0.25) is 10.2 Å². The van der Waals surface area contributed by atoms with E-state index in [4.69, 9.17) is 5.73 Å². The van der Waals surface area contributed by atoms with Crippen molar-refractivity contribution in [2.24, 2.45) is 11.7 Å². The maximum Gasteiger partial charge on any atom is 0.240 e. The summed E-state index contributed by atoms with van der Waals surface area (Å²) in [6.07, 6.45) is 0. The highest BCUT2D eigenvalue weighted by molar-refractivity contribution is 5.79. The summed E-state index contributed by atoms with van der Waals surface area (Å²) >= 11 is 0. The highest BCUT2D eigenvalue weighted by Crippen LogP contribution is 2.06. The van der Waals surface area contributed by atoms with Crippen molar-refractivity contribution >= 4 is 5.91 Å². The first kappa shape index (κ1) is 9.44. The van der Waals surface area contributed by atoms with Gasteiger partial charge < -0.3 is 11.1 Å². The van der Waals surface area contributed by atoms with Crippen molar-refractivity contribution in [3.05, 3.63) is 0 Å². The lowest BCUT2D eigenvalue weighted by atomic mass is 10.0. The van der Waals surface area contributed by atoms with Gasteiger partial charge in [0.2, 0.25) is 5.91 Å². The Hall–Kier alpha value is -0.650. The highest BCUT2D eigenvalue weighted by Gasteiger charge is 2.30. The molecule has 1 heterocycles. The summed E-state index contributed by atoms with van der Waals surface area (Å²) in [6.45, 7) is 1.41. The van der Waals surface area contributed by atoms with Gasteiger partial charge >= 0.3 is 0 Å². The zero-order valence-corrected chi connectivity index (χ0v) is 7.50. The SMILES string of the molecule is CN(C)NC(=O)C1CNCC1N. The summed E-state index contributed by atoms with van der Waals surface area (Å²) in [7, 11) is 3.57. The Balaban J connectivity index is 2.41. The fraction of sp³-hybridized carbons (Fsp3) is 0.857. The molecule has 2 unspecified atom stereocenters. The number of nitrogens with one attached hydrogen (secondary N) is 2. The Morgan fingerprint density at radius 2 is 2.25 bits per heavy atom. The first-order valence-electron chi connectivity index (χ1n) is 4.05. The molecule has 0 spiro atoms. The van der Waals surface area contributed by atoms with Crippen LogP contribution in [0.15, 0.2) is 0 Å². The van der Waals surface area contributed by atoms with Crippen LogP contribution < -0.4 is 16.5 Å². The Labute approximate surface area is 72.3 Å². The zero-order valence-electron chi connectivity index (χ0n) is 7.50. The maximum absolute atomic E-state index is 11.4. The van der Waals surface area contributed by atoms with E-state index in [1.807, 2.05) is 0 Å². The Morgan fingerprint density at radius 1 is 1.58 bits per heavy atom. The number of hydrogen-bond donors (Lipinski definition) is 3. The van der Waals surface area contributed by atoms with Crippen LogP contribution in [0.4, 0.5) is 0 Å². The van der Waals surface area contributed by atoms with E-state index in [1.54, 1.807) is 19.1 Å². The molecule has 5 heteroatoms. The lowest BCUT2D eigenvalue weighted by Crippen LogP contribution is -2.45. The van der Waals surface area contributed by atoms with Gasteiger partial charge in [-0.25, -0.2) is 5.01 Å². The largest absolute Gasteiger partial charge is 0.326 e. The van der Waals surface area contributed by atoms with E-state index >= 15 is 0 Å². The average molecular weight is 172 g/mol. The summed E-state index contributed by atoms with van der Waals surface area (Å²) < 4.78 is 0. The fourth-order valence-electron chi connectivity index (χ4n) is 1.29. The fourth-order valence-corrected chi connectivity index (χ4v) is 1.29. The van der Waals surface area contributed by atoms with Crippen molar-refractivity contribution in [3.63, 3.8) is 0 Å². The highest BCUT2D eigenvalue weighted by atomic mass is 16.2. The molecular weight excluding hydrogens is 156 g/mol. The smallest absolute Gasteiger partial charge is 0.240 e. The Morgan fingerprint density at radius 3 is 2.67 bits per heavy atom. The minimum absolute atomic E-state index is 0.00231. The van der Waals surface area contributed by atoms with E-state index in [1.165, 1.54) is 0 Å². The molecule has 0 aromatic heterocycles. The van der Waals surface area contributed by atoms with Gasteiger partial charge in [-0.05, 0) is 0 Å². The van der Waals surface area contributed by atoms with E-state index in [2.05, 4.69) is 10.7 Å². The van der Waals surface area contributed by atoms with Crippen molar-refractivity contribution in [1.82, 2.24) is 15.8 Å². The summed E-state index contributed by atoms with van der Waals surface area (Å²) in [5, 5.41) is 4.70. The summed E-state index contributed by atoms with van der Waals surface area (Å²) in [5.74, 6) is -0.0927. The quantitative estimate of drug-likeness (QED) is 0.427. The number of amides is 1. The van der Waals surface area contributed by atoms with Crippen molar-refractivity contribution in [1.29, 1.82) is 0 Å². The second kappa shape index (κ2) is 3.84. The summed E-state index contributed by atoms with van der Waals surface area (Å²) in [4.78, 5) is 11.4. The molecule has 4 N–H and O–H groups in total. The van der Waals surface area contributed by atoms with Crippen molar-refractivity contribution in [2.75, 3.05) is 27.2 Å². The molecule has 1 aliphatic rings. The van der Waals surface area contributed by atoms with Crippen LogP contribution in [0.2, 0.25) is 0 Å². The molecule has 0 aliphatic carbocycles. The van der Waals surface area contributed by atoms with Gasteiger partial charge in [-0.2, -0.15) is 0 Å². The second-order valence-corrected chi connectivity index (χ2v) is 3.30. The molecule has 0 radical (unpaired) electrons. The molecule has 0 bridgehead atoms. The number of carbonyl (C=O) groups is 1. The van der Waals surface area contributed by atoms with Crippen molar-refractivity contribution < 1.29 is 4.79 Å². The minimum Gasteiger partial charge on any atom is -0.326 e. The third-order valence-electron chi connectivity index (χ3n) is 1.93. The predicted octanol–water partition coefficient (Wildman–Crippen LogP) is -1.87. The van der Waals surface area contributed by atoms with Crippen molar-refractivity contribution in [3.8, 4) is 0 Å². The summed E-state index contributed by atoms with van der Waals surface area (Å²) in [6, 6.07) is -0.0510. The molecule has 0 aromatic carbocycles. The normalized spacial score (nSPS) is 29.3. The summed E-state index contributed by atoms with van der Waals surface area (Å²) in [5.41, 5.74) is 8.40. The molecule has 1 saturated heterocycles. The third kappa shape index (κ3) is 2.17. The van der Waals surface area contributed by atoms with E-state index in [-0.39, 0.29) is 17.9 Å². The van der Waals surface area contributed by atoms with E-state index in [9.17, 15) is 4.79 Å². The van der Waals surface area contributed by atoms with Crippen LogP contribution in [0.25, 0.3) is 0 Å². The molecular formula is C7H16N4O. The van der Waals surface area contributed by atoms with Gasteiger partial charge in [0.05, 0.1) is 5.92 Å². The predicted molar refractivity (Wildman–Crippen MR) is 46.2 cm³/mol. The molecule has 70 valence electrons. The minimum atomic E-state index is -0.0904. The number of rotatable bonds is 2. The number of nitrogens with two attached hydrogens (primary N) is 1. The number of hydrazine groups is 1. The monoisotopic (exact) mass is 172 g/mol. The topological polar surface area (TPSA) is 70.4 Å². The first-order chi connectivity index (χ1) is 5.61. The maximum atomic E-state index is 11.4. The zero-order chi connectivity index (χ0) is 9.14. The van der Waals surface area contributed by atoms with Crippen LogP contribution >= 0.6 is 0 Å². The number of hydrogen-bond acceptors (Lipinski definition) is 4. The van der Waals surface area contributed by atoms with E-state index < -0.39 is 0 Å². The van der Waals surface area contributed by atoms with Crippen LogP contribution in [0.5, 0.6) is 0 Å².